The minimum absolute atomic E-state index is 0.00110. The summed E-state index contributed by atoms with van der Waals surface area (Å²) in [5, 5.41) is 4.03. The molecular formula is C15H17ClN4O2S. The van der Waals surface area contributed by atoms with Crippen LogP contribution < -0.4 is 5.73 Å². The van der Waals surface area contributed by atoms with Crippen LogP contribution in [0.3, 0.4) is 0 Å². The van der Waals surface area contributed by atoms with Gasteiger partial charge in [0.1, 0.15) is 6.34 Å². The molecule has 0 saturated carbocycles. The Balaban J connectivity index is 2.79. The van der Waals surface area contributed by atoms with Crippen LogP contribution in [0.2, 0.25) is 5.02 Å². The highest BCUT2D eigenvalue weighted by Crippen LogP contribution is 2.31. The van der Waals surface area contributed by atoms with Gasteiger partial charge in [-0.3, -0.25) is 9.00 Å². The largest absolute Gasteiger partial charge is 0.388 e. The van der Waals surface area contributed by atoms with Crippen molar-refractivity contribution in [2.24, 2.45) is 10.8 Å². The van der Waals surface area contributed by atoms with Gasteiger partial charge in [-0.1, -0.05) is 37.6 Å². The van der Waals surface area contributed by atoms with Crippen LogP contribution in [-0.2, 0) is 10.8 Å². The second-order valence-electron chi connectivity index (χ2n) is 5.15. The lowest BCUT2D eigenvalue weighted by Gasteiger charge is -2.09. The number of carbonyl (C=O) groups is 1. The van der Waals surface area contributed by atoms with E-state index in [9.17, 15) is 9.00 Å². The van der Waals surface area contributed by atoms with E-state index in [0.29, 0.717) is 16.4 Å². The van der Waals surface area contributed by atoms with E-state index >= 15 is 0 Å². The molecule has 1 unspecified atom stereocenters. The van der Waals surface area contributed by atoms with Gasteiger partial charge in [-0.15, -0.1) is 0 Å². The molecule has 0 bridgehead atoms. The summed E-state index contributed by atoms with van der Waals surface area (Å²) in [6.45, 7) is 3.91. The van der Waals surface area contributed by atoms with Gasteiger partial charge < -0.3 is 5.73 Å². The Morgan fingerprint density at radius 3 is 2.48 bits per heavy atom. The molecule has 2 aromatic rings. The molecule has 1 aromatic heterocycles. The summed E-state index contributed by atoms with van der Waals surface area (Å²) >= 11 is 5.93. The minimum atomic E-state index is -1.70. The highest BCUT2D eigenvalue weighted by atomic mass is 35.5. The van der Waals surface area contributed by atoms with Crippen molar-refractivity contribution >= 4 is 33.9 Å². The van der Waals surface area contributed by atoms with Gasteiger partial charge in [-0.2, -0.15) is 5.10 Å². The number of imidazole rings is 1. The lowest BCUT2D eigenvalue weighted by atomic mass is 10.0. The number of hydrogen-bond acceptors (Lipinski definition) is 4. The molecule has 0 aliphatic rings. The average molecular weight is 353 g/mol. The van der Waals surface area contributed by atoms with Gasteiger partial charge in [0, 0.05) is 16.8 Å². The summed E-state index contributed by atoms with van der Waals surface area (Å²) in [6, 6.07) is 7.10. The van der Waals surface area contributed by atoms with E-state index in [4.69, 9.17) is 17.3 Å². The number of halogens is 1. The smallest absolute Gasteiger partial charge is 0.286 e. The summed E-state index contributed by atoms with van der Waals surface area (Å²) in [7, 11) is -1.70. The van der Waals surface area contributed by atoms with Crippen LogP contribution >= 0.6 is 11.6 Å². The summed E-state index contributed by atoms with van der Waals surface area (Å²) in [6.07, 6.45) is 2.38. The molecule has 8 heteroatoms. The van der Waals surface area contributed by atoms with Gasteiger partial charge in [0.15, 0.2) is 0 Å². The fraction of sp³-hybridized carbons (Fsp3) is 0.267. The molecule has 6 nitrogen and oxygen atoms in total. The Morgan fingerprint density at radius 2 is 2.00 bits per heavy atom. The first-order valence-electron chi connectivity index (χ1n) is 6.87. The van der Waals surface area contributed by atoms with Crippen LogP contribution in [0.1, 0.15) is 36.1 Å². The van der Waals surface area contributed by atoms with Crippen LogP contribution in [0.5, 0.6) is 0 Å². The predicted molar refractivity (Wildman–Crippen MR) is 93.2 cm³/mol. The van der Waals surface area contributed by atoms with E-state index in [1.165, 1.54) is 10.9 Å². The summed E-state index contributed by atoms with van der Waals surface area (Å²) in [4.78, 5) is 16.6. The van der Waals surface area contributed by atoms with Gasteiger partial charge in [0.05, 0.1) is 22.2 Å². The summed E-state index contributed by atoms with van der Waals surface area (Å²) in [5.41, 5.74) is 7.51. The van der Waals surface area contributed by atoms with Crippen molar-refractivity contribution in [2.75, 3.05) is 6.26 Å². The van der Waals surface area contributed by atoms with Gasteiger partial charge in [0.25, 0.3) is 5.12 Å². The number of carbonyl (C=O) groups excluding carboxylic acids is 1. The van der Waals surface area contributed by atoms with Crippen LogP contribution in [0, 0.1) is 0 Å². The van der Waals surface area contributed by atoms with E-state index in [0.717, 1.165) is 11.9 Å². The van der Waals surface area contributed by atoms with Crippen molar-refractivity contribution < 1.29 is 9.00 Å². The van der Waals surface area contributed by atoms with Crippen molar-refractivity contribution in [3.63, 3.8) is 0 Å². The number of nitrogens with two attached hydrogens (primary N) is 1. The standard InChI is InChI=1S/C15H17ClN4O2S/c1-9(2)12-13(10-4-6-11(16)7-5-10)20(18-8-17)14(19-12)15(21)23(3)22/h4-9H,1-3H3,(H2,17,18). The molecule has 0 fully saturated rings. The van der Waals surface area contributed by atoms with Crippen molar-refractivity contribution in [3.8, 4) is 11.3 Å². The van der Waals surface area contributed by atoms with Crippen LogP contribution in [-0.4, -0.2) is 31.6 Å². The molecule has 0 amide bonds. The predicted octanol–water partition coefficient (Wildman–Crippen LogP) is 2.60. The minimum Gasteiger partial charge on any atom is -0.388 e. The number of nitrogens with zero attached hydrogens (tertiary/aromatic N) is 3. The topological polar surface area (TPSA) is 90.3 Å². The van der Waals surface area contributed by atoms with Crippen LogP contribution in [0.15, 0.2) is 29.4 Å². The molecule has 23 heavy (non-hydrogen) atoms. The molecule has 0 aliphatic heterocycles. The van der Waals surface area contributed by atoms with Gasteiger partial charge in [0.2, 0.25) is 5.82 Å². The monoisotopic (exact) mass is 352 g/mol. The molecule has 1 aromatic carbocycles. The highest BCUT2D eigenvalue weighted by molar-refractivity contribution is 8.00. The Morgan fingerprint density at radius 1 is 1.39 bits per heavy atom. The Kier molecular flexibility index (Phi) is 5.33. The van der Waals surface area contributed by atoms with Crippen LogP contribution in [0.25, 0.3) is 11.3 Å². The number of benzene rings is 1. The second-order valence-corrected chi connectivity index (χ2v) is 6.86. The first-order chi connectivity index (χ1) is 10.9. The zero-order valence-corrected chi connectivity index (χ0v) is 14.6. The first kappa shape index (κ1) is 17.4. The maximum Gasteiger partial charge on any atom is 0.286 e. The van der Waals surface area contributed by atoms with E-state index < -0.39 is 15.9 Å². The van der Waals surface area contributed by atoms with Crippen molar-refractivity contribution in [2.45, 2.75) is 19.8 Å². The number of rotatable bonds is 4. The van der Waals surface area contributed by atoms with Gasteiger partial charge in [-0.05, 0) is 18.1 Å². The SMILES string of the molecule is CC(C)c1nc(C(=O)S(C)=O)n(/N=C\N)c1-c1ccc(Cl)cc1. The fourth-order valence-corrected chi connectivity index (χ4v) is 2.66. The van der Waals surface area contributed by atoms with Crippen molar-refractivity contribution in [1.29, 1.82) is 0 Å². The fourth-order valence-electron chi connectivity index (χ4n) is 2.15. The van der Waals surface area contributed by atoms with Crippen LogP contribution in [0.4, 0.5) is 0 Å². The molecule has 1 atom stereocenters. The molecule has 0 spiro atoms. The first-order valence-corrected chi connectivity index (χ1v) is 8.81. The molecular weight excluding hydrogens is 336 g/mol. The van der Waals surface area contributed by atoms with Gasteiger partial charge >= 0.3 is 0 Å². The molecule has 2 N–H and O–H groups in total. The molecule has 122 valence electrons. The Labute approximate surface area is 141 Å². The molecule has 0 aliphatic carbocycles. The quantitative estimate of drug-likeness (QED) is 0.676. The van der Waals surface area contributed by atoms with E-state index in [1.54, 1.807) is 12.1 Å². The average Bonchev–Trinajstić information content (AvgIpc) is 2.87. The highest BCUT2D eigenvalue weighted by Gasteiger charge is 2.26. The lowest BCUT2D eigenvalue weighted by molar-refractivity contribution is 0.107. The van der Waals surface area contributed by atoms with Crippen molar-refractivity contribution in [3.05, 3.63) is 40.8 Å². The van der Waals surface area contributed by atoms with E-state index in [-0.39, 0.29) is 11.7 Å². The third-order valence-electron chi connectivity index (χ3n) is 3.17. The second kappa shape index (κ2) is 7.06. The molecule has 1 heterocycles. The van der Waals surface area contributed by atoms with Crippen molar-refractivity contribution in [1.82, 2.24) is 9.66 Å². The normalized spacial score (nSPS) is 12.9. The maximum atomic E-state index is 12.2. The molecule has 0 saturated heterocycles. The van der Waals surface area contributed by atoms with E-state index in [2.05, 4.69) is 10.1 Å². The maximum absolute atomic E-state index is 12.2. The molecule has 2 rings (SSSR count). The number of hydrogen-bond donors (Lipinski definition) is 1. The Hall–Kier alpha value is -1.99. The zero-order valence-electron chi connectivity index (χ0n) is 13.0. The molecule has 0 radical (unpaired) electrons. The number of aromatic nitrogens is 2. The van der Waals surface area contributed by atoms with E-state index in [1.807, 2.05) is 26.0 Å². The Bertz CT molecular complexity index is 782. The third kappa shape index (κ3) is 3.51. The summed E-state index contributed by atoms with van der Waals surface area (Å²) < 4.78 is 12.9. The zero-order chi connectivity index (χ0) is 17.1. The third-order valence-corrected chi connectivity index (χ3v) is 4.13. The van der Waals surface area contributed by atoms with Gasteiger partial charge in [-0.25, -0.2) is 9.66 Å². The lowest BCUT2D eigenvalue weighted by Crippen LogP contribution is -2.13. The summed E-state index contributed by atoms with van der Waals surface area (Å²) in [5.74, 6) is 0.0351.